The minimum absolute atomic E-state index is 0.0161. The standard InChI is InChI=1S/C25H25N5O3/c1-25(11-3-2-4-12-25)24(33)28-17-9-10-18-19(13-17)29-22(20(18)21(27)31)30-23(32)16-7-5-15(14-26)6-8-16/h5-10,13,29H,2-4,11-12H2,1H3,(H2,27,31)(H,28,33)(H,30,32). The third-order valence-electron chi connectivity index (χ3n) is 6.32. The number of nitrogens with one attached hydrogen (secondary N) is 3. The number of aromatic nitrogens is 1. The molecule has 0 saturated heterocycles. The second-order valence-electron chi connectivity index (χ2n) is 8.72. The van der Waals surface area contributed by atoms with Crippen molar-refractivity contribution in [2.75, 3.05) is 10.6 Å². The number of nitrogens with zero attached hydrogens (tertiary/aromatic N) is 1. The van der Waals surface area contributed by atoms with Crippen LogP contribution < -0.4 is 16.4 Å². The summed E-state index contributed by atoms with van der Waals surface area (Å²) >= 11 is 0. The summed E-state index contributed by atoms with van der Waals surface area (Å²) in [6, 6.07) is 13.3. The largest absolute Gasteiger partial charge is 0.365 e. The number of amides is 3. The van der Waals surface area contributed by atoms with Gasteiger partial charge in [0.1, 0.15) is 5.82 Å². The van der Waals surface area contributed by atoms with Crippen LogP contribution in [0, 0.1) is 16.7 Å². The van der Waals surface area contributed by atoms with Crippen LogP contribution in [0.15, 0.2) is 42.5 Å². The van der Waals surface area contributed by atoms with E-state index in [0.29, 0.717) is 27.7 Å². The number of fused-ring (bicyclic) bond motifs is 1. The molecule has 0 spiro atoms. The summed E-state index contributed by atoms with van der Waals surface area (Å²) in [6.45, 7) is 2.00. The summed E-state index contributed by atoms with van der Waals surface area (Å²) in [4.78, 5) is 40.7. The number of rotatable bonds is 5. The van der Waals surface area contributed by atoms with Crippen molar-refractivity contribution in [2.24, 2.45) is 11.1 Å². The smallest absolute Gasteiger partial charge is 0.256 e. The Morgan fingerprint density at radius 3 is 2.36 bits per heavy atom. The second-order valence-corrected chi connectivity index (χ2v) is 8.72. The highest BCUT2D eigenvalue weighted by Crippen LogP contribution is 2.37. The molecule has 4 rings (SSSR count). The van der Waals surface area contributed by atoms with Crippen LogP contribution in [0.2, 0.25) is 0 Å². The van der Waals surface area contributed by atoms with E-state index in [9.17, 15) is 14.4 Å². The minimum atomic E-state index is -0.692. The molecule has 8 nitrogen and oxygen atoms in total. The Labute approximate surface area is 191 Å². The molecule has 0 aliphatic heterocycles. The molecule has 0 atom stereocenters. The Morgan fingerprint density at radius 1 is 1.03 bits per heavy atom. The molecule has 33 heavy (non-hydrogen) atoms. The van der Waals surface area contributed by atoms with E-state index in [1.54, 1.807) is 18.2 Å². The van der Waals surface area contributed by atoms with E-state index in [1.165, 1.54) is 24.3 Å². The summed E-state index contributed by atoms with van der Waals surface area (Å²) in [5.74, 6) is -0.984. The maximum absolute atomic E-state index is 12.9. The zero-order valence-electron chi connectivity index (χ0n) is 18.3. The predicted molar refractivity (Wildman–Crippen MR) is 126 cm³/mol. The number of hydrogen-bond acceptors (Lipinski definition) is 4. The van der Waals surface area contributed by atoms with Gasteiger partial charge in [-0.25, -0.2) is 0 Å². The van der Waals surface area contributed by atoms with Gasteiger partial charge >= 0.3 is 0 Å². The lowest BCUT2D eigenvalue weighted by atomic mass is 9.75. The summed E-state index contributed by atoms with van der Waals surface area (Å²) in [7, 11) is 0. The maximum Gasteiger partial charge on any atom is 0.256 e. The van der Waals surface area contributed by atoms with E-state index >= 15 is 0 Å². The Hall–Kier alpha value is -4.12. The molecule has 168 valence electrons. The van der Waals surface area contributed by atoms with Gasteiger partial charge < -0.3 is 21.4 Å². The summed E-state index contributed by atoms with van der Waals surface area (Å²) < 4.78 is 0. The van der Waals surface area contributed by atoms with E-state index in [0.717, 1.165) is 32.1 Å². The fourth-order valence-electron chi connectivity index (χ4n) is 4.35. The first-order valence-corrected chi connectivity index (χ1v) is 10.9. The van der Waals surface area contributed by atoms with Crippen LogP contribution in [-0.4, -0.2) is 22.7 Å². The minimum Gasteiger partial charge on any atom is -0.365 e. The molecule has 0 bridgehead atoms. The Morgan fingerprint density at radius 2 is 1.73 bits per heavy atom. The van der Waals surface area contributed by atoms with Gasteiger partial charge in [-0.3, -0.25) is 14.4 Å². The molecular weight excluding hydrogens is 418 g/mol. The van der Waals surface area contributed by atoms with E-state index in [2.05, 4.69) is 15.6 Å². The first-order valence-electron chi connectivity index (χ1n) is 10.9. The number of aromatic amines is 1. The maximum atomic E-state index is 12.9. The molecule has 1 heterocycles. The van der Waals surface area contributed by atoms with Crippen LogP contribution in [-0.2, 0) is 4.79 Å². The molecule has 1 aliphatic rings. The van der Waals surface area contributed by atoms with E-state index < -0.39 is 11.8 Å². The average Bonchev–Trinajstić information content (AvgIpc) is 3.16. The van der Waals surface area contributed by atoms with Gasteiger partial charge in [-0.1, -0.05) is 26.2 Å². The molecule has 5 N–H and O–H groups in total. The van der Waals surface area contributed by atoms with Crippen molar-refractivity contribution in [1.29, 1.82) is 5.26 Å². The SMILES string of the molecule is CC1(C(=O)Nc2ccc3c(C(N)=O)c(NC(=O)c4ccc(C#N)cc4)[nH]c3c2)CCCCC1. The van der Waals surface area contributed by atoms with Crippen LogP contribution in [0.4, 0.5) is 11.5 Å². The third kappa shape index (κ3) is 4.44. The first-order chi connectivity index (χ1) is 15.8. The van der Waals surface area contributed by atoms with Gasteiger partial charge in [0.05, 0.1) is 17.2 Å². The highest BCUT2D eigenvalue weighted by molar-refractivity contribution is 6.15. The van der Waals surface area contributed by atoms with Crippen LogP contribution in [0.5, 0.6) is 0 Å². The number of nitriles is 1. The second kappa shape index (κ2) is 8.79. The molecule has 8 heteroatoms. The van der Waals surface area contributed by atoms with Crippen molar-refractivity contribution in [1.82, 2.24) is 4.98 Å². The van der Waals surface area contributed by atoms with Gasteiger partial charge in [-0.2, -0.15) is 5.26 Å². The Balaban J connectivity index is 1.60. The summed E-state index contributed by atoms with van der Waals surface area (Å²) in [6.07, 6.45) is 4.97. The quantitative estimate of drug-likeness (QED) is 0.466. The van der Waals surface area contributed by atoms with E-state index in [4.69, 9.17) is 11.0 Å². The molecule has 2 aromatic carbocycles. The summed E-state index contributed by atoms with van der Waals surface area (Å²) in [5, 5.41) is 15.1. The van der Waals surface area contributed by atoms with Crippen molar-refractivity contribution in [3.05, 3.63) is 59.2 Å². The number of carbonyl (C=O) groups is 3. The van der Waals surface area contributed by atoms with Crippen molar-refractivity contribution in [3.63, 3.8) is 0 Å². The number of carbonyl (C=O) groups excluding carboxylic acids is 3. The number of benzene rings is 2. The molecule has 0 radical (unpaired) electrons. The fraction of sp³-hybridized carbons (Fsp3) is 0.280. The normalized spacial score (nSPS) is 14.9. The van der Waals surface area contributed by atoms with Crippen molar-refractivity contribution in [2.45, 2.75) is 39.0 Å². The van der Waals surface area contributed by atoms with Gasteiger partial charge in [0.25, 0.3) is 11.8 Å². The topological polar surface area (TPSA) is 141 Å². The van der Waals surface area contributed by atoms with Gasteiger partial charge in [0.15, 0.2) is 0 Å². The van der Waals surface area contributed by atoms with Crippen LogP contribution in [0.3, 0.4) is 0 Å². The van der Waals surface area contributed by atoms with Crippen LogP contribution in [0.1, 0.15) is 65.3 Å². The first kappa shape index (κ1) is 22.1. The number of primary amides is 1. The van der Waals surface area contributed by atoms with Gasteiger partial charge in [-0.05, 0) is 55.3 Å². The predicted octanol–water partition coefficient (Wildman–Crippen LogP) is 4.30. The molecule has 1 saturated carbocycles. The number of H-pyrrole nitrogens is 1. The molecular formula is C25H25N5O3. The lowest BCUT2D eigenvalue weighted by Crippen LogP contribution is -2.35. The van der Waals surface area contributed by atoms with Crippen molar-refractivity contribution in [3.8, 4) is 6.07 Å². The van der Waals surface area contributed by atoms with Crippen LogP contribution in [0.25, 0.3) is 10.9 Å². The highest BCUT2D eigenvalue weighted by atomic mass is 16.2. The fourth-order valence-corrected chi connectivity index (χ4v) is 4.35. The monoisotopic (exact) mass is 443 g/mol. The van der Waals surface area contributed by atoms with Gasteiger partial charge in [0.2, 0.25) is 5.91 Å². The highest BCUT2D eigenvalue weighted by Gasteiger charge is 2.34. The van der Waals surface area contributed by atoms with Crippen LogP contribution >= 0.6 is 0 Å². The third-order valence-corrected chi connectivity index (χ3v) is 6.32. The molecule has 1 aromatic heterocycles. The number of nitrogens with two attached hydrogens (primary N) is 1. The van der Waals surface area contributed by atoms with E-state index in [1.807, 2.05) is 13.0 Å². The van der Waals surface area contributed by atoms with Gasteiger partial charge in [0, 0.05) is 27.6 Å². The molecule has 3 aromatic rings. The average molecular weight is 444 g/mol. The van der Waals surface area contributed by atoms with Crippen molar-refractivity contribution >= 4 is 40.1 Å². The number of anilines is 2. The Bertz CT molecular complexity index is 1280. The summed E-state index contributed by atoms with van der Waals surface area (Å²) in [5.41, 5.74) is 7.29. The zero-order chi connectivity index (χ0) is 23.6. The molecule has 0 unspecified atom stereocenters. The molecule has 1 aliphatic carbocycles. The molecule has 3 amide bonds. The Kier molecular flexibility index (Phi) is 5.88. The van der Waals surface area contributed by atoms with Crippen molar-refractivity contribution < 1.29 is 14.4 Å². The zero-order valence-corrected chi connectivity index (χ0v) is 18.3. The van der Waals surface area contributed by atoms with Gasteiger partial charge in [-0.15, -0.1) is 0 Å². The number of hydrogen-bond donors (Lipinski definition) is 4. The molecule has 1 fully saturated rings. The lowest BCUT2D eigenvalue weighted by molar-refractivity contribution is -0.126. The lowest BCUT2D eigenvalue weighted by Gasteiger charge is -2.32. The van der Waals surface area contributed by atoms with E-state index in [-0.39, 0.29) is 22.7 Å².